The number of rotatable bonds is 2. The van der Waals surface area contributed by atoms with Crippen LogP contribution in [-0.4, -0.2) is 19.0 Å². The molecule has 0 aromatic rings. The molecule has 58 valence electrons. The van der Waals surface area contributed by atoms with Gasteiger partial charge >= 0.3 is 0 Å². The third-order valence-corrected chi connectivity index (χ3v) is 1.29. The Morgan fingerprint density at radius 2 is 2.64 bits per heavy atom. The van der Waals surface area contributed by atoms with Crippen LogP contribution in [0.5, 0.6) is 0 Å². The molecule has 3 heteroatoms. The Hall–Kier alpha value is -1.38. The molecule has 1 aliphatic heterocycles. The summed E-state index contributed by atoms with van der Waals surface area (Å²) in [6.45, 7) is 6.24. The summed E-state index contributed by atoms with van der Waals surface area (Å²) in [5, 5.41) is 3.08. The predicted molar refractivity (Wildman–Crippen MR) is 47.9 cm³/mol. The Kier molecular flexibility index (Phi) is 2.60. The Morgan fingerprint density at radius 3 is 3.27 bits per heavy atom. The first-order valence-corrected chi connectivity index (χ1v) is 3.50. The van der Waals surface area contributed by atoms with Gasteiger partial charge in [-0.3, -0.25) is 4.99 Å². The monoisotopic (exact) mass is 149 g/mol. The Morgan fingerprint density at radius 1 is 1.82 bits per heavy atom. The Bertz CT molecular complexity index is 236. The van der Waals surface area contributed by atoms with E-state index in [2.05, 4.69) is 21.9 Å². The first-order valence-electron chi connectivity index (χ1n) is 3.50. The van der Waals surface area contributed by atoms with Crippen molar-refractivity contribution in [2.75, 3.05) is 6.54 Å². The van der Waals surface area contributed by atoms with E-state index in [1.165, 1.54) is 0 Å². The van der Waals surface area contributed by atoms with E-state index in [0.29, 0.717) is 0 Å². The molecule has 0 bridgehead atoms. The minimum Gasteiger partial charge on any atom is -0.363 e. The molecule has 0 unspecified atom stereocenters. The average molecular weight is 149 g/mol. The molecule has 0 aliphatic carbocycles. The summed E-state index contributed by atoms with van der Waals surface area (Å²) in [6.07, 6.45) is 5.21. The molecule has 0 atom stereocenters. The molecule has 1 N–H and O–H groups in total. The molecule has 1 rings (SSSR count). The van der Waals surface area contributed by atoms with Crippen LogP contribution in [0.2, 0.25) is 0 Å². The van der Waals surface area contributed by atoms with Gasteiger partial charge in [-0.1, -0.05) is 6.58 Å². The number of hydrogen-bond donors (Lipinski definition) is 1. The van der Waals surface area contributed by atoms with Gasteiger partial charge in [0, 0.05) is 12.4 Å². The van der Waals surface area contributed by atoms with Crippen molar-refractivity contribution in [2.24, 2.45) is 9.98 Å². The van der Waals surface area contributed by atoms with Crippen LogP contribution in [0, 0.1) is 0 Å². The van der Waals surface area contributed by atoms with Gasteiger partial charge in [-0.25, -0.2) is 4.99 Å². The van der Waals surface area contributed by atoms with Gasteiger partial charge < -0.3 is 5.32 Å². The van der Waals surface area contributed by atoms with Crippen molar-refractivity contribution in [3.63, 3.8) is 0 Å². The molecule has 1 heterocycles. The maximum atomic E-state index is 4.11. The SMILES string of the molecule is C=CC1=C(N=CC)NCC=N1. The molecule has 0 saturated heterocycles. The fraction of sp³-hybridized carbons (Fsp3) is 0.250. The first-order chi connectivity index (χ1) is 5.38. The Balaban J connectivity index is 2.91. The fourth-order valence-electron chi connectivity index (χ4n) is 0.828. The molecular formula is C8H11N3. The van der Waals surface area contributed by atoms with Crippen LogP contribution in [0.15, 0.2) is 34.2 Å². The van der Waals surface area contributed by atoms with Crippen LogP contribution >= 0.6 is 0 Å². The van der Waals surface area contributed by atoms with Crippen molar-refractivity contribution >= 4 is 12.4 Å². The van der Waals surface area contributed by atoms with Crippen molar-refractivity contribution in [1.82, 2.24) is 5.32 Å². The highest BCUT2D eigenvalue weighted by atomic mass is 15.1. The lowest BCUT2D eigenvalue weighted by Gasteiger charge is -2.09. The number of hydrogen-bond acceptors (Lipinski definition) is 3. The topological polar surface area (TPSA) is 36.8 Å². The van der Waals surface area contributed by atoms with E-state index in [1.807, 2.05) is 6.92 Å². The molecule has 0 spiro atoms. The van der Waals surface area contributed by atoms with Gasteiger partial charge in [-0.2, -0.15) is 0 Å². The maximum Gasteiger partial charge on any atom is 0.151 e. The van der Waals surface area contributed by atoms with Crippen LogP contribution < -0.4 is 5.32 Å². The molecule has 0 saturated carbocycles. The summed E-state index contributed by atoms with van der Waals surface area (Å²) >= 11 is 0. The lowest BCUT2D eigenvalue weighted by atomic mass is 10.4. The van der Waals surface area contributed by atoms with Crippen molar-refractivity contribution in [2.45, 2.75) is 6.92 Å². The van der Waals surface area contributed by atoms with Crippen LogP contribution in [0.1, 0.15) is 6.92 Å². The molecule has 0 aromatic carbocycles. The van der Waals surface area contributed by atoms with Crippen molar-refractivity contribution in [3.05, 3.63) is 24.2 Å². The minimum atomic E-state index is 0.740. The van der Waals surface area contributed by atoms with Crippen molar-refractivity contribution in [1.29, 1.82) is 0 Å². The summed E-state index contributed by atoms with van der Waals surface area (Å²) in [5.41, 5.74) is 0.800. The van der Waals surface area contributed by atoms with Gasteiger partial charge in [0.2, 0.25) is 0 Å². The highest BCUT2D eigenvalue weighted by Gasteiger charge is 2.02. The minimum absolute atomic E-state index is 0.740. The third kappa shape index (κ3) is 1.77. The molecule has 0 aromatic heterocycles. The third-order valence-electron chi connectivity index (χ3n) is 1.29. The Labute approximate surface area is 66.2 Å². The lowest BCUT2D eigenvalue weighted by Crippen LogP contribution is -2.19. The standard InChI is InChI=1S/C8H11N3/c1-3-7-8(9-4-2)11-6-5-10-7/h3-5,11H,1,6H2,2H3. The quantitative estimate of drug-likeness (QED) is 0.586. The highest BCUT2D eigenvalue weighted by molar-refractivity contribution is 5.65. The summed E-state index contributed by atoms with van der Waals surface area (Å²) in [4.78, 5) is 8.20. The molecular weight excluding hydrogens is 138 g/mol. The van der Waals surface area contributed by atoms with Crippen LogP contribution in [-0.2, 0) is 0 Å². The van der Waals surface area contributed by atoms with E-state index in [0.717, 1.165) is 18.1 Å². The molecule has 0 amide bonds. The average Bonchev–Trinajstić information content (AvgIpc) is 2.06. The zero-order valence-corrected chi connectivity index (χ0v) is 6.54. The van der Waals surface area contributed by atoms with E-state index < -0.39 is 0 Å². The maximum absolute atomic E-state index is 4.11. The second kappa shape index (κ2) is 3.71. The van der Waals surface area contributed by atoms with Gasteiger partial charge in [0.15, 0.2) is 5.82 Å². The van der Waals surface area contributed by atoms with Gasteiger partial charge in [0.1, 0.15) is 5.70 Å². The predicted octanol–water partition coefficient (Wildman–Crippen LogP) is 1.11. The highest BCUT2D eigenvalue weighted by Crippen LogP contribution is 2.07. The molecule has 11 heavy (non-hydrogen) atoms. The van der Waals surface area contributed by atoms with Gasteiger partial charge in [0.05, 0.1) is 6.54 Å². The molecule has 0 fully saturated rings. The number of nitrogens with zero attached hydrogens (tertiary/aromatic N) is 2. The van der Waals surface area contributed by atoms with E-state index in [9.17, 15) is 0 Å². The van der Waals surface area contributed by atoms with E-state index in [4.69, 9.17) is 0 Å². The number of allylic oxidation sites excluding steroid dienone is 1. The van der Waals surface area contributed by atoms with Crippen LogP contribution in [0.4, 0.5) is 0 Å². The van der Waals surface area contributed by atoms with Gasteiger partial charge in [0.25, 0.3) is 0 Å². The molecule has 3 nitrogen and oxygen atoms in total. The smallest absolute Gasteiger partial charge is 0.151 e. The zero-order valence-electron chi connectivity index (χ0n) is 6.54. The molecule has 1 aliphatic rings. The summed E-state index contributed by atoms with van der Waals surface area (Å²) < 4.78 is 0. The normalized spacial score (nSPS) is 17.2. The van der Waals surface area contributed by atoms with Crippen LogP contribution in [0.3, 0.4) is 0 Å². The fourth-order valence-corrected chi connectivity index (χ4v) is 0.828. The van der Waals surface area contributed by atoms with E-state index in [-0.39, 0.29) is 0 Å². The van der Waals surface area contributed by atoms with Gasteiger partial charge in [-0.05, 0) is 13.0 Å². The largest absolute Gasteiger partial charge is 0.363 e. The second-order valence-corrected chi connectivity index (χ2v) is 2.02. The van der Waals surface area contributed by atoms with Gasteiger partial charge in [-0.15, -0.1) is 0 Å². The van der Waals surface area contributed by atoms with Crippen molar-refractivity contribution < 1.29 is 0 Å². The zero-order chi connectivity index (χ0) is 8.10. The summed E-state index contributed by atoms with van der Waals surface area (Å²) in [7, 11) is 0. The summed E-state index contributed by atoms with van der Waals surface area (Å²) in [6, 6.07) is 0. The number of nitrogens with one attached hydrogen (secondary N) is 1. The molecule has 0 radical (unpaired) electrons. The van der Waals surface area contributed by atoms with Crippen LogP contribution in [0.25, 0.3) is 0 Å². The number of aliphatic imine (C=N–C) groups is 2. The second-order valence-electron chi connectivity index (χ2n) is 2.02. The van der Waals surface area contributed by atoms with E-state index >= 15 is 0 Å². The van der Waals surface area contributed by atoms with Crippen molar-refractivity contribution in [3.8, 4) is 0 Å². The van der Waals surface area contributed by atoms with E-state index in [1.54, 1.807) is 18.5 Å². The lowest BCUT2D eigenvalue weighted by molar-refractivity contribution is 0.879. The first kappa shape index (κ1) is 7.72. The summed E-state index contributed by atoms with van der Waals surface area (Å²) in [5.74, 6) is 0.796.